The summed E-state index contributed by atoms with van der Waals surface area (Å²) >= 11 is 0. The maximum Gasteiger partial charge on any atom is 0.317 e. The van der Waals surface area contributed by atoms with Crippen molar-refractivity contribution in [3.05, 3.63) is 0 Å². The molecule has 104 valence electrons. The molecule has 1 amide bonds. The van der Waals surface area contributed by atoms with Crippen molar-refractivity contribution in [2.45, 2.75) is 45.6 Å². The molecule has 1 saturated heterocycles. The lowest BCUT2D eigenvalue weighted by Crippen LogP contribution is -2.48. The van der Waals surface area contributed by atoms with Gasteiger partial charge in [0.15, 0.2) is 0 Å². The Morgan fingerprint density at radius 2 is 2.11 bits per heavy atom. The minimum Gasteiger partial charge on any atom is -0.480 e. The van der Waals surface area contributed by atoms with Gasteiger partial charge in [-0.2, -0.15) is 0 Å². The number of unbranched alkanes of at least 4 members (excludes halogenated alkanes) is 1. The minimum atomic E-state index is -0.825. The fourth-order valence-corrected chi connectivity index (χ4v) is 2.32. The molecule has 18 heavy (non-hydrogen) atoms. The number of nitrogens with zero attached hydrogens (tertiary/aromatic N) is 1. The third kappa shape index (κ3) is 4.64. The summed E-state index contributed by atoms with van der Waals surface area (Å²) in [5.74, 6) is -0.808. The molecule has 0 unspecified atom stereocenters. The Hall–Kier alpha value is -1.10. The van der Waals surface area contributed by atoms with Gasteiger partial charge in [0.05, 0.1) is 12.5 Å². The van der Waals surface area contributed by atoms with Crippen molar-refractivity contribution in [2.75, 3.05) is 19.6 Å². The minimum absolute atomic E-state index is 0.0277. The van der Waals surface area contributed by atoms with Crippen molar-refractivity contribution in [1.82, 2.24) is 10.2 Å². The van der Waals surface area contributed by atoms with Gasteiger partial charge in [0.2, 0.25) is 5.91 Å². The molecular weight excluding hydrogens is 232 g/mol. The van der Waals surface area contributed by atoms with Gasteiger partial charge in [-0.25, -0.2) is 0 Å². The van der Waals surface area contributed by atoms with Crippen molar-refractivity contribution < 1.29 is 14.7 Å². The molecule has 0 aromatic carbocycles. The van der Waals surface area contributed by atoms with Crippen LogP contribution in [0, 0.1) is 5.92 Å². The van der Waals surface area contributed by atoms with Gasteiger partial charge in [-0.15, -0.1) is 0 Å². The summed E-state index contributed by atoms with van der Waals surface area (Å²) in [5.41, 5.74) is 0. The molecule has 1 fully saturated rings. The summed E-state index contributed by atoms with van der Waals surface area (Å²) in [6.07, 6.45) is 3.80. The third-order valence-corrected chi connectivity index (χ3v) is 3.55. The molecule has 1 heterocycles. The van der Waals surface area contributed by atoms with E-state index >= 15 is 0 Å². The van der Waals surface area contributed by atoms with Crippen LogP contribution >= 0.6 is 0 Å². The van der Waals surface area contributed by atoms with Gasteiger partial charge in [-0.1, -0.05) is 13.3 Å². The smallest absolute Gasteiger partial charge is 0.317 e. The summed E-state index contributed by atoms with van der Waals surface area (Å²) in [5, 5.41) is 11.8. The van der Waals surface area contributed by atoms with Gasteiger partial charge in [-0.3, -0.25) is 14.5 Å². The van der Waals surface area contributed by atoms with Crippen molar-refractivity contribution in [2.24, 2.45) is 5.92 Å². The number of nitrogens with one attached hydrogen (secondary N) is 1. The molecule has 2 atom stereocenters. The first-order valence-corrected chi connectivity index (χ1v) is 6.78. The van der Waals surface area contributed by atoms with E-state index in [4.69, 9.17) is 5.11 Å². The van der Waals surface area contributed by atoms with E-state index in [-0.39, 0.29) is 24.4 Å². The molecule has 0 aromatic rings. The Balaban J connectivity index is 2.42. The average Bonchev–Trinajstić information content (AvgIpc) is 2.31. The van der Waals surface area contributed by atoms with Crippen LogP contribution in [0.25, 0.3) is 0 Å². The van der Waals surface area contributed by atoms with E-state index in [1.54, 1.807) is 0 Å². The second-order valence-electron chi connectivity index (χ2n) is 5.09. The predicted molar refractivity (Wildman–Crippen MR) is 69.3 cm³/mol. The van der Waals surface area contributed by atoms with Crippen LogP contribution in [0.5, 0.6) is 0 Å². The Bertz CT molecular complexity index is 294. The van der Waals surface area contributed by atoms with Gasteiger partial charge in [-0.05, 0) is 26.2 Å². The number of aliphatic carboxylic acids is 1. The second-order valence-corrected chi connectivity index (χ2v) is 5.09. The van der Waals surface area contributed by atoms with Crippen LogP contribution in [0.1, 0.15) is 39.5 Å². The monoisotopic (exact) mass is 256 g/mol. The van der Waals surface area contributed by atoms with E-state index in [0.29, 0.717) is 6.54 Å². The van der Waals surface area contributed by atoms with Crippen molar-refractivity contribution >= 4 is 11.9 Å². The number of carbonyl (C=O) groups is 2. The predicted octanol–water partition coefficient (Wildman–Crippen LogP) is 1.09. The number of carbonyl (C=O) groups excluding carboxylic acids is 1. The Labute approximate surface area is 109 Å². The first kappa shape index (κ1) is 15.0. The molecule has 5 heteroatoms. The van der Waals surface area contributed by atoms with E-state index in [2.05, 4.69) is 12.2 Å². The topological polar surface area (TPSA) is 69.6 Å². The number of amides is 1. The molecule has 5 nitrogen and oxygen atoms in total. The zero-order valence-electron chi connectivity index (χ0n) is 11.3. The van der Waals surface area contributed by atoms with Gasteiger partial charge in [0.1, 0.15) is 0 Å². The number of carboxylic acids is 1. The van der Waals surface area contributed by atoms with Crippen LogP contribution in [0.4, 0.5) is 0 Å². The lowest BCUT2D eigenvalue weighted by atomic mass is 9.92. The number of hydrogen-bond donors (Lipinski definition) is 2. The van der Waals surface area contributed by atoms with E-state index in [1.165, 1.54) is 0 Å². The quantitative estimate of drug-likeness (QED) is 0.698. The van der Waals surface area contributed by atoms with Gasteiger partial charge in [0, 0.05) is 19.1 Å². The van der Waals surface area contributed by atoms with Crippen LogP contribution < -0.4 is 5.32 Å². The van der Waals surface area contributed by atoms with Crippen molar-refractivity contribution in [3.8, 4) is 0 Å². The summed E-state index contributed by atoms with van der Waals surface area (Å²) in [6, 6.07) is 0.251. The summed E-state index contributed by atoms with van der Waals surface area (Å²) in [4.78, 5) is 24.6. The van der Waals surface area contributed by atoms with Crippen LogP contribution in [0.3, 0.4) is 0 Å². The molecule has 0 spiro atoms. The number of carboxylic acid groups (broad SMARTS) is 1. The van der Waals surface area contributed by atoms with E-state index in [9.17, 15) is 9.59 Å². The van der Waals surface area contributed by atoms with Gasteiger partial charge in [0.25, 0.3) is 0 Å². The Morgan fingerprint density at radius 1 is 1.39 bits per heavy atom. The van der Waals surface area contributed by atoms with Crippen LogP contribution in [-0.2, 0) is 9.59 Å². The standard InChI is InChI=1S/C13H24N2O3/c1-3-4-7-14-13(18)11-6-5-10(2)15(8-11)9-12(16)17/h10-11H,3-9H2,1-2H3,(H,14,18)(H,16,17)/t10-,11+/m0/s1. The van der Waals surface area contributed by atoms with E-state index < -0.39 is 5.97 Å². The number of hydrogen-bond acceptors (Lipinski definition) is 3. The molecule has 1 aliphatic rings. The molecule has 2 N–H and O–H groups in total. The molecule has 0 aliphatic carbocycles. The highest BCUT2D eigenvalue weighted by molar-refractivity contribution is 5.79. The molecule has 0 radical (unpaired) electrons. The van der Waals surface area contributed by atoms with Crippen LogP contribution in [-0.4, -0.2) is 47.6 Å². The second kappa shape index (κ2) is 7.36. The maximum absolute atomic E-state index is 11.9. The normalized spacial score (nSPS) is 24.8. The van der Waals surface area contributed by atoms with Gasteiger partial charge < -0.3 is 10.4 Å². The highest BCUT2D eigenvalue weighted by atomic mass is 16.4. The summed E-state index contributed by atoms with van der Waals surface area (Å²) in [6.45, 7) is 5.42. The fraction of sp³-hybridized carbons (Fsp3) is 0.846. The highest BCUT2D eigenvalue weighted by Gasteiger charge is 2.30. The zero-order chi connectivity index (χ0) is 13.5. The number of rotatable bonds is 6. The first-order valence-electron chi connectivity index (χ1n) is 6.78. The molecule has 1 aliphatic heterocycles. The Kier molecular flexibility index (Phi) is 6.12. The summed E-state index contributed by atoms with van der Waals surface area (Å²) < 4.78 is 0. The molecular formula is C13H24N2O3. The maximum atomic E-state index is 11.9. The zero-order valence-corrected chi connectivity index (χ0v) is 11.3. The van der Waals surface area contributed by atoms with Crippen molar-refractivity contribution in [1.29, 1.82) is 0 Å². The number of likely N-dealkylation sites (tertiary alicyclic amines) is 1. The van der Waals surface area contributed by atoms with E-state index in [0.717, 1.165) is 32.2 Å². The molecule has 1 rings (SSSR count). The van der Waals surface area contributed by atoms with Crippen LogP contribution in [0.15, 0.2) is 0 Å². The molecule has 0 saturated carbocycles. The highest BCUT2D eigenvalue weighted by Crippen LogP contribution is 2.21. The van der Waals surface area contributed by atoms with Gasteiger partial charge >= 0.3 is 5.97 Å². The lowest BCUT2D eigenvalue weighted by molar-refractivity contribution is -0.140. The van der Waals surface area contributed by atoms with Crippen molar-refractivity contribution in [3.63, 3.8) is 0 Å². The molecule has 0 aromatic heterocycles. The lowest BCUT2D eigenvalue weighted by Gasteiger charge is -2.36. The SMILES string of the molecule is CCCCNC(=O)[C@@H]1CC[C@H](C)N(CC(=O)O)C1. The fourth-order valence-electron chi connectivity index (χ4n) is 2.32. The largest absolute Gasteiger partial charge is 0.480 e. The average molecular weight is 256 g/mol. The Morgan fingerprint density at radius 3 is 2.72 bits per heavy atom. The molecule has 0 bridgehead atoms. The first-order chi connectivity index (χ1) is 8.54. The number of piperidine rings is 1. The summed E-state index contributed by atoms with van der Waals surface area (Å²) in [7, 11) is 0. The van der Waals surface area contributed by atoms with E-state index in [1.807, 2.05) is 11.8 Å². The van der Waals surface area contributed by atoms with Crippen LogP contribution in [0.2, 0.25) is 0 Å². The third-order valence-electron chi connectivity index (χ3n) is 3.55.